The topological polar surface area (TPSA) is 69.0 Å². The second-order valence-corrected chi connectivity index (χ2v) is 8.58. The summed E-state index contributed by atoms with van der Waals surface area (Å²) in [6.07, 6.45) is 2.28. The van der Waals surface area contributed by atoms with Crippen molar-refractivity contribution in [2.75, 3.05) is 11.9 Å². The molecular formula is C24H24N4O2S. The van der Waals surface area contributed by atoms with E-state index in [2.05, 4.69) is 17.4 Å². The summed E-state index contributed by atoms with van der Waals surface area (Å²) in [6, 6.07) is 17.9. The molecule has 0 radical (unpaired) electrons. The number of rotatable bonds is 6. The van der Waals surface area contributed by atoms with E-state index in [4.69, 9.17) is 14.8 Å². The van der Waals surface area contributed by atoms with Crippen LogP contribution in [0.5, 0.6) is 5.75 Å². The summed E-state index contributed by atoms with van der Waals surface area (Å²) in [6.45, 7) is 2.56. The quantitative estimate of drug-likeness (QED) is 0.554. The Morgan fingerprint density at radius 3 is 2.87 bits per heavy atom. The van der Waals surface area contributed by atoms with Crippen LogP contribution in [0.15, 0.2) is 71.0 Å². The average Bonchev–Trinajstić information content (AvgIpc) is 3.20. The highest BCUT2D eigenvalue weighted by molar-refractivity contribution is 7.98. The zero-order chi connectivity index (χ0) is 21.2. The lowest BCUT2D eigenvalue weighted by Crippen LogP contribution is -2.31. The van der Waals surface area contributed by atoms with Gasteiger partial charge in [-0.25, -0.2) is 4.68 Å². The lowest BCUT2D eigenvalue weighted by molar-refractivity contribution is -0.116. The van der Waals surface area contributed by atoms with Crippen LogP contribution >= 0.6 is 11.8 Å². The number of Topliss-reactive ketones (excluding diaryl/α,β-unsaturated/α-hetero) is 1. The molecule has 1 unspecified atom stereocenters. The first kappa shape index (κ1) is 19.9. The van der Waals surface area contributed by atoms with E-state index >= 15 is 0 Å². The summed E-state index contributed by atoms with van der Waals surface area (Å²) in [5.74, 6) is 2.46. The number of ketones is 1. The molecule has 0 saturated carbocycles. The van der Waals surface area contributed by atoms with Crippen LogP contribution in [-0.4, -0.2) is 27.2 Å². The third-order valence-electron chi connectivity index (χ3n) is 5.54. The Bertz CT molecular complexity index is 1140. The Morgan fingerprint density at radius 2 is 2.03 bits per heavy atom. The maximum absolute atomic E-state index is 13.0. The van der Waals surface area contributed by atoms with Gasteiger partial charge >= 0.3 is 0 Å². The number of fused-ring (bicyclic) bond motifs is 1. The molecule has 5 rings (SSSR count). The number of thioether (sulfide) groups is 1. The predicted octanol–water partition coefficient (Wildman–Crippen LogP) is 4.99. The van der Waals surface area contributed by atoms with E-state index in [0.717, 1.165) is 41.2 Å². The summed E-state index contributed by atoms with van der Waals surface area (Å²) in [5, 5.41) is 8.89. The third-order valence-corrected chi connectivity index (χ3v) is 6.45. The highest BCUT2D eigenvalue weighted by Crippen LogP contribution is 2.41. The van der Waals surface area contributed by atoms with Crippen LogP contribution < -0.4 is 10.1 Å². The van der Waals surface area contributed by atoms with Gasteiger partial charge < -0.3 is 10.1 Å². The number of nitrogens with zero attached hydrogens (tertiary/aromatic N) is 3. The number of hydrogen-bond acceptors (Lipinski definition) is 6. The normalized spacial score (nSPS) is 17.7. The van der Waals surface area contributed by atoms with E-state index < -0.39 is 0 Å². The van der Waals surface area contributed by atoms with Gasteiger partial charge in [-0.15, -0.1) is 5.10 Å². The molecule has 2 heterocycles. The van der Waals surface area contributed by atoms with Gasteiger partial charge in [0.1, 0.15) is 11.8 Å². The first-order valence-corrected chi connectivity index (χ1v) is 11.6. The van der Waals surface area contributed by atoms with Crippen molar-refractivity contribution < 1.29 is 9.53 Å². The van der Waals surface area contributed by atoms with Crippen LogP contribution in [0.25, 0.3) is 0 Å². The summed E-state index contributed by atoms with van der Waals surface area (Å²) in [7, 11) is 0. The van der Waals surface area contributed by atoms with E-state index in [-0.39, 0.29) is 11.8 Å². The molecule has 0 fully saturated rings. The van der Waals surface area contributed by atoms with E-state index in [1.165, 1.54) is 5.56 Å². The molecule has 1 N–H and O–H groups in total. The number of carbonyl (C=O) groups excluding carboxylic acids is 1. The Hall–Kier alpha value is -3.06. The zero-order valence-electron chi connectivity index (χ0n) is 17.4. The number of aromatic nitrogens is 3. The van der Waals surface area contributed by atoms with Crippen LogP contribution in [0.1, 0.15) is 43.4 Å². The van der Waals surface area contributed by atoms with Gasteiger partial charge in [-0.3, -0.25) is 4.79 Å². The van der Waals surface area contributed by atoms with Gasteiger partial charge in [0.15, 0.2) is 5.78 Å². The van der Waals surface area contributed by atoms with Crippen molar-refractivity contribution in [1.29, 1.82) is 0 Å². The van der Waals surface area contributed by atoms with Gasteiger partial charge in [0, 0.05) is 23.4 Å². The van der Waals surface area contributed by atoms with Crippen LogP contribution in [0.3, 0.4) is 0 Å². The highest BCUT2D eigenvalue weighted by Gasteiger charge is 2.37. The summed E-state index contributed by atoms with van der Waals surface area (Å²) in [4.78, 5) is 17.7. The minimum atomic E-state index is -0.293. The maximum Gasteiger partial charge on any atom is 0.227 e. The van der Waals surface area contributed by atoms with Gasteiger partial charge in [0.2, 0.25) is 11.1 Å². The number of allylic oxidation sites excluding steroid dienone is 2. The molecule has 158 valence electrons. The van der Waals surface area contributed by atoms with Crippen LogP contribution in [0.2, 0.25) is 0 Å². The molecule has 1 aliphatic heterocycles. The van der Waals surface area contributed by atoms with Crippen molar-refractivity contribution in [3.05, 3.63) is 77.0 Å². The number of nitrogens with one attached hydrogen (secondary N) is 1. The molecule has 6 nitrogen and oxygen atoms in total. The Balaban J connectivity index is 1.52. The Morgan fingerprint density at radius 1 is 1.16 bits per heavy atom. The molecule has 0 bridgehead atoms. The van der Waals surface area contributed by atoms with E-state index in [1.54, 1.807) is 11.8 Å². The van der Waals surface area contributed by atoms with E-state index in [9.17, 15) is 4.79 Å². The molecule has 1 aliphatic carbocycles. The zero-order valence-corrected chi connectivity index (χ0v) is 18.2. The second-order valence-electron chi connectivity index (χ2n) is 7.64. The number of hydrogen-bond donors (Lipinski definition) is 1. The summed E-state index contributed by atoms with van der Waals surface area (Å²) < 4.78 is 7.58. The van der Waals surface area contributed by atoms with Crippen molar-refractivity contribution in [3.63, 3.8) is 0 Å². The number of anilines is 1. The van der Waals surface area contributed by atoms with Crippen molar-refractivity contribution in [3.8, 4) is 5.75 Å². The van der Waals surface area contributed by atoms with Gasteiger partial charge in [-0.1, -0.05) is 54.2 Å². The van der Waals surface area contributed by atoms with Gasteiger partial charge in [0.25, 0.3) is 0 Å². The number of carbonyl (C=O) groups is 1. The van der Waals surface area contributed by atoms with Crippen LogP contribution in [0.4, 0.5) is 5.95 Å². The second kappa shape index (κ2) is 8.59. The first-order valence-electron chi connectivity index (χ1n) is 10.6. The molecular weight excluding hydrogens is 408 g/mol. The molecule has 0 spiro atoms. The monoisotopic (exact) mass is 432 g/mol. The molecule has 2 aliphatic rings. The molecule has 1 atom stereocenters. The van der Waals surface area contributed by atoms with E-state index in [1.807, 2.05) is 54.1 Å². The standard InChI is InChI=1S/C24H24N4O2S/c1-2-30-18-11-6-10-17(14-18)22-21-19(12-7-13-20(21)29)25-23-26-24(27-28(22)23)31-15-16-8-4-3-5-9-16/h3-6,8-11,14,22H,2,7,12-13,15H2,1H3,(H,25,26,27). The summed E-state index contributed by atoms with van der Waals surface area (Å²) >= 11 is 1.60. The van der Waals surface area contributed by atoms with Crippen molar-refractivity contribution in [2.24, 2.45) is 0 Å². The number of ether oxygens (including phenoxy) is 1. The van der Waals surface area contributed by atoms with Gasteiger partial charge in [0.05, 0.1) is 6.61 Å². The minimum absolute atomic E-state index is 0.181. The number of benzene rings is 2. The Labute approximate surface area is 185 Å². The summed E-state index contributed by atoms with van der Waals surface area (Å²) in [5.41, 5.74) is 3.99. The molecule has 31 heavy (non-hydrogen) atoms. The van der Waals surface area contributed by atoms with Crippen LogP contribution in [-0.2, 0) is 10.5 Å². The van der Waals surface area contributed by atoms with Gasteiger partial charge in [-0.2, -0.15) is 4.98 Å². The average molecular weight is 433 g/mol. The predicted molar refractivity (Wildman–Crippen MR) is 121 cm³/mol. The fourth-order valence-electron chi connectivity index (χ4n) is 4.17. The highest BCUT2D eigenvalue weighted by atomic mass is 32.2. The molecule has 2 aromatic carbocycles. The fraction of sp³-hybridized carbons (Fsp3) is 0.292. The molecule has 0 amide bonds. The smallest absolute Gasteiger partial charge is 0.227 e. The van der Waals surface area contributed by atoms with Crippen LogP contribution in [0, 0.1) is 0 Å². The molecule has 1 aromatic heterocycles. The lowest BCUT2D eigenvalue weighted by atomic mass is 9.85. The van der Waals surface area contributed by atoms with Crippen molar-refractivity contribution in [2.45, 2.75) is 43.1 Å². The first-order chi connectivity index (χ1) is 15.2. The Kier molecular flexibility index (Phi) is 5.51. The van der Waals surface area contributed by atoms with Gasteiger partial charge in [-0.05, 0) is 43.0 Å². The van der Waals surface area contributed by atoms with Crippen molar-refractivity contribution >= 4 is 23.5 Å². The van der Waals surface area contributed by atoms with Crippen molar-refractivity contribution in [1.82, 2.24) is 14.8 Å². The maximum atomic E-state index is 13.0. The SMILES string of the molecule is CCOc1cccc(C2C3=C(CCCC3=O)Nc3nc(SCc4ccccc4)nn32)c1. The lowest BCUT2D eigenvalue weighted by Gasteiger charge is -2.32. The third kappa shape index (κ3) is 3.97. The largest absolute Gasteiger partial charge is 0.494 e. The fourth-order valence-corrected chi connectivity index (χ4v) is 4.95. The molecule has 3 aromatic rings. The van der Waals surface area contributed by atoms with E-state index in [0.29, 0.717) is 24.1 Å². The minimum Gasteiger partial charge on any atom is -0.494 e. The molecule has 0 saturated heterocycles. The molecule has 7 heteroatoms.